The van der Waals surface area contributed by atoms with Crippen molar-refractivity contribution in [2.24, 2.45) is 0 Å². The van der Waals surface area contributed by atoms with Crippen LogP contribution in [0, 0.1) is 0 Å². The van der Waals surface area contributed by atoms with E-state index in [1.54, 1.807) is 6.07 Å². The number of hydrogen-bond donors (Lipinski definition) is 3. The number of aromatic amines is 1. The number of thiophene rings is 1. The number of H-pyrrole nitrogens is 1. The molecule has 6 heteroatoms. The van der Waals surface area contributed by atoms with Crippen LogP contribution in [0.4, 0.5) is 0 Å². The summed E-state index contributed by atoms with van der Waals surface area (Å²) in [6.45, 7) is 0. The van der Waals surface area contributed by atoms with Crippen LogP contribution < -0.4 is 5.32 Å². The molecule has 0 unspecified atom stereocenters. The van der Waals surface area contributed by atoms with Crippen molar-refractivity contribution in [1.29, 1.82) is 0 Å². The van der Waals surface area contributed by atoms with Crippen LogP contribution in [0.1, 0.15) is 23.3 Å². The number of aromatic nitrogens is 1. The second kappa shape index (κ2) is 4.01. The van der Waals surface area contributed by atoms with Gasteiger partial charge in [-0.1, -0.05) is 11.6 Å². The Morgan fingerprint density at radius 1 is 1.53 bits per heavy atom. The first-order valence-corrected chi connectivity index (χ1v) is 6.58. The number of aliphatic hydroxyl groups is 1. The molecule has 90 valence electrons. The highest BCUT2D eigenvalue weighted by Gasteiger charge is 2.29. The summed E-state index contributed by atoms with van der Waals surface area (Å²) in [6, 6.07) is 3.71. The molecular formula is C11H11ClN2O2S. The molecule has 3 N–H and O–H groups in total. The molecule has 0 saturated heterocycles. The highest BCUT2D eigenvalue weighted by Crippen LogP contribution is 2.29. The number of halogens is 1. The molecule has 0 radical (unpaired) electrons. The lowest BCUT2D eigenvalue weighted by Gasteiger charge is -2.31. The van der Waals surface area contributed by atoms with Crippen molar-refractivity contribution >= 4 is 39.1 Å². The smallest absolute Gasteiger partial charge is 0.267 e. The Balaban J connectivity index is 1.74. The van der Waals surface area contributed by atoms with Crippen molar-refractivity contribution in [3.05, 3.63) is 22.2 Å². The van der Waals surface area contributed by atoms with Gasteiger partial charge in [0.25, 0.3) is 5.91 Å². The molecule has 3 rings (SSSR count). The van der Waals surface area contributed by atoms with Crippen LogP contribution in [0.25, 0.3) is 10.2 Å². The minimum Gasteiger partial charge on any atom is -0.393 e. The van der Waals surface area contributed by atoms with Gasteiger partial charge < -0.3 is 15.4 Å². The van der Waals surface area contributed by atoms with Crippen molar-refractivity contribution in [2.45, 2.75) is 25.0 Å². The van der Waals surface area contributed by atoms with E-state index in [1.807, 2.05) is 6.07 Å². The summed E-state index contributed by atoms with van der Waals surface area (Å²) >= 11 is 7.30. The van der Waals surface area contributed by atoms with Gasteiger partial charge in [-0.25, -0.2) is 0 Å². The number of carbonyl (C=O) groups excluding carboxylic acids is 1. The summed E-state index contributed by atoms with van der Waals surface area (Å²) in [5, 5.41) is 12.0. The Morgan fingerprint density at radius 2 is 2.29 bits per heavy atom. The van der Waals surface area contributed by atoms with Crippen molar-refractivity contribution in [1.82, 2.24) is 10.3 Å². The molecule has 1 saturated carbocycles. The molecule has 0 atom stereocenters. The van der Waals surface area contributed by atoms with Gasteiger partial charge in [-0.3, -0.25) is 4.79 Å². The molecule has 2 aromatic heterocycles. The van der Waals surface area contributed by atoms with Crippen LogP contribution >= 0.6 is 22.9 Å². The molecule has 1 aliphatic rings. The molecule has 0 aliphatic heterocycles. The minimum atomic E-state index is -0.258. The summed E-state index contributed by atoms with van der Waals surface area (Å²) in [6.07, 6.45) is 1.03. The SMILES string of the molecule is O=C(NC1CC(O)C1)c1cc2sc(Cl)cc2[nH]1. The number of nitrogens with one attached hydrogen (secondary N) is 2. The van der Waals surface area contributed by atoms with Gasteiger partial charge in [0, 0.05) is 6.04 Å². The number of rotatable bonds is 2. The Labute approximate surface area is 107 Å². The average molecular weight is 271 g/mol. The van der Waals surface area contributed by atoms with Crippen LogP contribution in [0.3, 0.4) is 0 Å². The van der Waals surface area contributed by atoms with Gasteiger partial charge in [0.15, 0.2) is 0 Å². The Morgan fingerprint density at radius 3 is 2.94 bits per heavy atom. The predicted molar refractivity (Wildman–Crippen MR) is 67.7 cm³/mol. The third-order valence-electron chi connectivity index (χ3n) is 2.97. The Hall–Kier alpha value is -1.04. The van der Waals surface area contributed by atoms with Gasteiger partial charge in [0.1, 0.15) is 5.69 Å². The number of amides is 1. The number of fused-ring (bicyclic) bond motifs is 1. The molecule has 1 aliphatic carbocycles. The lowest BCUT2D eigenvalue weighted by Crippen LogP contribution is -2.46. The first kappa shape index (κ1) is 11.1. The summed E-state index contributed by atoms with van der Waals surface area (Å²) in [5.41, 5.74) is 1.43. The van der Waals surface area contributed by atoms with Gasteiger partial charge in [0.05, 0.1) is 20.7 Å². The number of carbonyl (C=O) groups is 1. The first-order chi connectivity index (χ1) is 8.11. The second-order valence-corrected chi connectivity index (χ2v) is 6.02. The molecule has 0 spiro atoms. The quantitative estimate of drug-likeness (QED) is 0.783. The van der Waals surface area contributed by atoms with Crippen LogP contribution in [0.15, 0.2) is 12.1 Å². The third kappa shape index (κ3) is 2.06. The van der Waals surface area contributed by atoms with E-state index in [9.17, 15) is 4.79 Å². The zero-order chi connectivity index (χ0) is 12.0. The topological polar surface area (TPSA) is 65.1 Å². The molecule has 2 aromatic rings. The second-order valence-electron chi connectivity index (χ2n) is 4.31. The molecule has 0 aromatic carbocycles. The standard InChI is InChI=1S/C11H11ClN2O2S/c12-10-4-7-9(17-10)3-8(14-7)11(16)13-5-1-6(15)2-5/h3-6,14-15H,1-2H2,(H,13,16). The van der Waals surface area contributed by atoms with Crippen molar-refractivity contribution in [3.8, 4) is 0 Å². The normalized spacial score (nSPS) is 23.6. The van der Waals surface area contributed by atoms with E-state index >= 15 is 0 Å². The fourth-order valence-corrected chi connectivity index (χ4v) is 3.12. The lowest BCUT2D eigenvalue weighted by atomic mass is 9.89. The van der Waals surface area contributed by atoms with Crippen molar-refractivity contribution in [2.75, 3.05) is 0 Å². The molecule has 4 nitrogen and oxygen atoms in total. The molecule has 2 heterocycles. The molecule has 17 heavy (non-hydrogen) atoms. The van der Waals surface area contributed by atoms with Gasteiger partial charge >= 0.3 is 0 Å². The Kier molecular flexibility index (Phi) is 2.61. The fourth-order valence-electron chi connectivity index (χ4n) is 1.98. The molecule has 1 fully saturated rings. The maximum Gasteiger partial charge on any atom is 0.267 e. The summed E-state index contributed by atoms with van der Waals surface area (Å²) in [4.78, 5) is 14.9. The molecular weight excluding hydrogens is 260 g/mol. The molecule has 0 bridgehead atoms. The zero-order valence-corrected chi connectivity index (χ0v) is 10.4. The lowest BCUT2D eigenvalue weighted by molar-refractivity contribution is 0.0561. The van der Waals surface area contributed by atoms with E-state index in [0.29, 0.717) is 22.9 Å². The first-order valence-electron chi connectivity index (χ1n) is 5.39. The molecule has 1 amide bonds. The third-order valence-corrected chi connectivity index (χ3v) is 4.18. The average Bonchev–Trinajstić information content (AvgIpc) is 2.71. The van der Waals surface area contributed by atoms with Crippen LogP contribution in [0.2, 0.25) is 4.34 Å². The maximum atomic E-state index is 11.9. The number of aliphatic hydroxyl groups excluding tert-OH is 1. The van der Waals surface area contributed by atoms with Crippen LogP contribution in [-0.4, -0.2) is 28.1 Å². The van der Waals surface area contributed by atoms with Crippen LogP contribution in [-0.2, 0) is 0 Å². The monoisotopic (exact) mass is 270 g/mol. The largest absolute Gasteiger partial charge is 0.393 e. The van der Waals surface area contributed by atoms with E-state index in [4.69, 9.17) is 16.7 Å². The minimum absolute atomic E-state index is 0.0995. The van der Waals surface area contributed by atoms with Gasteiger partial charge in [-0.2, -0.15) is 0 Å². The summed E-state index contributed by atoms with van der Waals surface area (Å²) in [7, 11) is 0. The van der Waals surface area contributed by atoms with E-state index in [0.717, 1.165) is 10.2 Å². The van der Waals surface area contributed by atoms with Gasteiger partial charge in [-0.05, 0) is 25.0 Å². The van der Waals surface area contributed by atoms with E-state index in [-0.39, 0.29) is 18.1 Å². The zero-order valence-electron chi connectivity index (χ0n) is 8.87. The van der Waals surface area contributed by atoms with E-state index in [1.165, 1.54) is 11.3 Å². The van der Waals surface area contributed by atoms with Crippen molar-refractivity contribution in [3.63, 3.8) is 0 Å². The predicted octanol–water partition coefficient (Wildman–Crippen LogP) is 2.14. The highest BCUT2D eigenvalue weighted by atomic mass is 35.5. The van der Waals surface area contributed by atoms with Gasteiger partial charge in [0.2, 0.25) is 0 Å². The van der Waals surface area contributed by atoms with E-state index < -0.39 is 0 Å². The summed E-state index contributed by atoms with van der Waals surface area (Å²) < 4.78 is 1.69. The highest BCUT2D eigenvalue weighted by molar-refractivity contribution is 7.22. The fraction of sp³-hybridized carbons (Fsp3) is 0.364. The number of hydrogen-bond acceptors (Lipinski definition) is 3. The van der Waals surface area contributed by atoms with E-state index in [2.05, 4.69) is 10.3 Å². The van der Waals surface area contributed by atoms with Gasteiger partial charge in [-0.15, -0.1) is 11.3 Å². The summed E-state index contributed by atoms with van der Waals surface area (Å²) in [5.74, 6) is -0.124. The maximum absolute atomic E-state index is 11.9. The Bertz CT molecular complexity index is 540. The van der Waals surface area contributed by atoms with Crippen molar-refractivity contribution < 1.29 is 9.90 Å². The van der Waals surface area contributed by atoms with Crippen LogP contribution in [0.5, 0.6) is 0 Å².